The van der Waals surface area contributed by atoms with Gasteiger partial charge in [0.05, 0.1) is 5.56 Å². The normalized spacial score (nSPS) is 10.2. The van der Waals surface area contributed by atoms with Gasteiger partial charge in [0.2, 0.25) is 0 Å². The van der Waals surface area contributed by atoms with Gasteiger partial charge in [-0.2, -0.15) is 0 Å². The molecule has 0 radical (unpaired) electrons. The Morgan fingerprint density at radius 3 is 1.49 bits per heavy atom. The first-order valence-corrected chi connectivity index (χ1v) is 16.2. The number of carbonyl (C=O) groups is 1. The molecule has 11 heteroatoms. The summed E-state index contributed by atoms with van der Waals surface area (Å²) in [5.41, 5.74) is 3.34. The minimum atomic E-state index is -0.0963. The molecule has 0 aliphatic carbocycles. The standard InChI is InChI=1S/C14H10Br2INO.C14H9Br2IO2.H3N/c2*15-9-2-4-12(17)8(5-9)6-13(18)11-3-1-10(16)7-14(11)19;/h1-5,7,18-19H,6H2;1-5,7,19H,6H2;1H3. The van der Waals surface area contributed by atoms with E-state index in [1.54, 1.807) is 24.3 Å². The van der Waals surface area contributed by atoms with Gasteiger partial charge in [0.15, 0.2) is 5.78 Å². The summed E-state index contributed by atoms with van der Waals surface area (Å²) < 4.78 is 5.64. The topological polar surface area (TPSA) is 116 Å². The Labute approximate surface area is 288 Å². The summed E-state index contributed by atoms with van der Waals surface area (Å²) in [6.45, 7) is 0. The Bertz CT molecular complexity index is 1400. The van der Waals surface area contributed by atoms with Crippen molar-refractivity contribution < 1.29 is 15.0 Å². The summed E-state index contributed by atoms with van der Waals surface area (Å²) in [4.78, 5) is 12.2. The van der Waals surface area contributed by atoms with Crippen molar-refractivity contribution in [3.8, 4) is 11.5 Å². The zero-order valence-electron chi connectivity index (χ0n) is 20.1. The molecule has 0 saturated heterocycles. The largest absolute Gasteiger partial charge is 0.507 e. The van der Waals surface area contributed by atoms with Gasteiger partial charge in [-0.05, 0) is 129 Å². The zero-order valence-corrected chi connectivity index (χ0v) is 30.8. The van der Waals surface area contributed by atoms with Crippen LogP contribution in [-0.4, -0.2) is 21.7 Å². The van der Waals surface area contributed by atoms with Gasteiger partial charge >= 0.3 is 0 Å². The smallest absolute Gasteiger partial charge is 0.170 e. The predicted octanol–water partition coefficient (Wildman–Crippen LogP) is 10.2. The average molecular weight is 1010 g/mol. The van der Waals surface area contributed by atoms with Crippen molar-refractivity contribution in [1.29, 1.82) is 5.41 Å². The fraction of sp³-hybridized carbons (Fsp3) is 0.0714. The van der Waals surface area contributed by atoms with Crippen molar-refractivity contribution in [2.24, 2.45) is 0 Å². The van der Waals surface area contributed by atoms with Crippen LogP contribution in [0.4, 0.5) is 0 Å². The van der Waals surface area contributed by atoms with E-state index in [1.165, 1.54) is 6.07 Å². The van der Waals surface area contributed by atoms with Gasteiger partial charge in [-0.15, -0.1) is 0 Å². The number of nitrogens with one attached hydrogen (secondary N) is 1. The predicted molar refractivity (Wildman–Crippen MR) is 189 cm³/mol. The summed E-state index contributed by atoms with van der Waals surface area (Å²) in [6.07, 6.45) is 0.764. The second-order valence-corrected chi connectivity index (χ2v) is 14.0. The molecular weight excluding hydrogens is 986 g/mol. The Balaban J connectivity index is 0.000000267. The maximum atomic E-state index is 12.2. The molecule has 204 valence electrons. The maximum absolute atomic E-state index is 12.2. The van der Waals surface area contributed by atoms with Crippen LogP contribution in [0.3, 0.4) is 0 Å². The summed E-state index contributed by atoms with van der Waals surface area (Å²) in [7, 11) is 0. The van der Waals surface area contributed by atoms with Crippen LogP contribution in [-0.2, 0) is 12.8 Å². The molecule has 0 aliphatic heterocycles. The molecule has 0 aromatic heterocycles. The quantitative estimate of drug-likeness (QED) is 0.0875. The molecule has 4 aromatic carbocycles. The van der Waals surface area contributed by atoms with E-state index in [1.807, 2.05) is 42.5 Å². The number of rotatable bonds is 6. The number of hydrogen-bond acceptors (Lipinski definition) is 5. The molecule has 0 aliphatic rings. The van der Waals surface area contributed by atoms with Crippen molar-refractivity contribution in [1.82, 2.24) is 6.15 Å². The first-order chi connectivity index (χ1) is 17.9. The summed E-state index contributed by atoms with van der Waals surface area (Å²) in [5, 5.41) is 27.8. The number of hydrogen-bond donors (Lipinski definition) is 4. The van der Waals surface area contributed by atoms with E-state index in [-0.39, 0.29) is 29.9 Å². The van der Waals surface area contributed by atoms with Gasteiger partial charge in [-0.25, -0.2) is 0 Å². The van der Waals surface area contributed by atoms with E-state index in [2.05, 4.69) is 109 Å². The molecule has 5 nitrogen and oxygen atoms in total. The maximum Gasteiger partial charge on any atom is 0.170 e. The van der Waals surface area contributed by atoms with Crippen LogP contribution in [0.2, 0.25) is 0 Å². The van der Waals surface area contributed by atoms with Crippen LogP contribution < -0.4 is 6.15 Å². The van der Waals surface area contributed by atoms with Crippen LogP contribution >= 0.6 is 109 Å². The van der Waals surface area contributed by atoms with Gasteiger partial charge in [0, 0.05) is 49.1 Å². The van der Waals surface area contributed by atoms with Crippen molar-refractivity contribution >= 4 is 120 Å². The first kappa shape index (κ1) is 34.4. The molecule has 0 amide bonds. The van der Waals surface area contributed by atoms with Gasteiger partial charge < -0.3 is 21.8 Å². The number of carbonyl (C=O) groups excluding carboxylic acids is 1. The van der Waals surface area contributed by atoms with Crippen LogP contribution in [0.25, 0.3) is 0 Å². The third-order valence-corrected chi connectivity index (χ3v) is 9.36. The van der Waals surface area contributed by atoms with E-state index < -0.39 is 0 Å². The molecule has 0 bridgehead atoms. The Morgan fingerprint density at radius 1 is 0.641 bits per heavy atom. The molecule has 4 aromatic rings. The third-order valence-electron chi connectivity index (χ3n) is 5.28. The highest BCUT2D eigenvalue weighted by Crippen LogP contribution is 2.27. The molecule has 0 fully saturated rings. The number of Topliss-reactive ketones (excluding diaryl/α,β-unsaturated/α-hetero) is 1. The van der Waals surface area contributed by atoms with E-state index in [9.17, 15) is 15.0 Å². The third kappa shape index (κ3) is 10.2. The van der Waals surface area contributed by atoms with Gasteiger partial charge in [-0.1, -0.05) is 63.7 Å². The van der Waals surface area contributed by atoms with Crippen molar-refractivity contribution in [3.63, 3.8) is 0 Å². The lowest BCUT2D eigenvalue weighted by molar-refractivity contribution is 0.0990. The average Bonchev–Trinajstić information content (AvgIpc) is 2.84. The summed E-state index contributed by atoms with van der Waals surface area (Å²) in [6, 6.07) is 21.9. The molecule has 0 unspecified atom stereocenters. The van der Waals surface area contributed by atoms with Crippen molar-refractivity contribution in [2.75, 3.05) is 0 Å². The van der Waals surface area contributed by atoms with Crippen LogP contribution in [0.1, 0.15) is 27.0 Å². The highest BCUT2D eigenvalue weighted by molar-refractivity contribution is 14.1. The lowest BCUT2D eigenvalue weighted by Gasteiger charge is -2.09. The molecule has 4 rings (SSSR count). The van der Waals surface area contributed by atoms with E-state index in [0.717, 1.165) is 36.2 Å². The Hall–Kier alpha value is -0.840. The Kier molecular flexibility index (Phi) is 14.1. The number of phenols is 2. The van der Waals surface area contributed by atoms with E-state index in [4.69, 9.17) is 5.41 Å². The number of halogens is 6. The van der Waals surface area contributed by atoms with E-state index in [0.29, 0.717) is 23.3 Å². The number of benzene rings is 4. The minimum absolute atomic E-state index is 0. The minimum Gasteiger partial charge on any atom is -0.507 e. The SMILES string of the molecule is N.N=C(Cc1cc(Br)ccc1I)c1ccc(Br)cc1O.O=C(Cc1cc(Br)ccc1I)c1ccc(Br)cc1O. The first-order valence-electron chi connectivity index (χ1n) is 10.9. The number of phenolic OH excluding ortho intramolecular Hbond substituents is 2. The highest BCUT2D eigenvalue weighted by atomic mass is 127. The molecule has 0 saturated carbocycles. The second-order valence-electron chi connectivity index (χ2n) is 8.05. The molecule has 0 spiro atoms. The van der Waals surface area contributed by atoms with Crippen molar-refractivity contribution in [3.05, 3.63) is 120 Å². The lowest BCUT2D eigenvalue weighted by atomic mass is 10.0. The molecule has 6 N–H and O–H groups in total. The van der Waals surface area contributed by atoms with Gasteiger partial charge in [-0.3, -0.25) is 4.79 Å². The fourth-order valence-electron chi connectivity index (χ4n) is 3.41. The lowest BCUT2D eigenvalue weighted by Crippen LogP contribution is -2.05. The second kappa shape index (κ2) is 16.0. The number of aromatic hydroxyl groups is 2. The monoisotopic (exact) mass is 1000 g/mol. The van der Waals surface area contributed by atoms with Gasteiger partial charge in [0.1, 0.15) is 11.5 Å². The van der Waals surface area contributed by atoms with Gasteiger partial charge in [0.25, 0.3) is 0 Å². The molecular formula is C28H22Br4I2N2O3. The summed E-state index contributed by atoms with van der Waals surface area (Å²) >= 11 is 17.8. The van der Waals surface area contributed by atoms with Crippen molar-refractivity contribution in [2.45, 2.75) is 12.8 Å². The zero-order chi connectivity index (χ0) is 28.0. The van der Waals surface area contributed by atoms with Crippen LogP contribution in [0.5, 0.6) is 11.5 Å². The van der Waals surface area contributed by atoms with Crippen LogP contribution in [0.15, 0.2) is 90.7 Å². The van der Waals surface area contributed by atoms with E-state index >= 15 is 0 Å². The summed E-state index contributed by atoms with van der Waals surface area (Å²) in [5.74, 6) is 0.0368. The Morgan fingerprint density at radius 2 is 1.03 bits per heavy atom. The highest BCUT2D eigenvalue weighted by Gasteiger charge is 2.14. The molecule has 0 heterocycles. The molecule has 39 heavy (non-hydrogen) atoms. The fourth-order valence-corrected chi connectivity index (χ4v) is 5.98. The molecule has 0 atom stereocenters. The van der Waals surface area contributed by atoms with Crippen LogP contribution in [0, 0.1) is 12.5 Å². The number of ketones is 1.